The van der Waals surface area contributed by atoms with E-state index in [0.717, 1.165) is 0 Å². The first-order valence-electron chi connectivity index (χ1n) is 4.60. The maximum absolute atomic E-state index is 11.3. The second-order valence-corrected chi connectivity index (χ2v) is 5.03. The van der Waals surface area contributed by atoms with Crippen LogP contribution < -0.4 is 4.74 Å². The number of carbonyl (C=O) groups excluding carboxylic acids is 1. The molecule has 0 aliphatic rings. The zero-order valence-electron chi connectivity index (χ0n) is 8.79. The molecule has 0 spiro atoms. The minimum atomic E-state index is -4.25. The number of ether oxygens (including phenoxy) is 1. The van der Waals surface area contributed by atoms with E-state index in [2.05, 4.69) is 0 Å². The summed E-state index contributed by atoms with van der Waals surface area (Å²) in [5, 5.41) is 0. The molecule has 0 saturated carbocycles. The van der Waals surface area contributed by atoms with Gasteiger partial charge in [0, 0.05) is 6.42 Å². The molecule has 2 N–H and O–H groups in total. The van der Waals surface area contributed by atoms with Crippen molar-refractivity contribution in [1.29, 1.82) is 0 Å². The first-order chi connectivity index (χ1) is 7.40. The van der Waals surface area contributed by atoms with Crippen molar-refractivity contribution in [2.24, 2.45) is 0 Å². The molecule has 88 valence electrons. The average molecular weight is 244 g/mol. The Balaban J connectivity index is 2.60. The van der Waals surface area contributed by atoms with Gasteiger partial charge in [-0.05, 0) is 17.7 Å². The Morgan fingerprint density at radius 3 is 2.31 bits per heavy atom. The lowest BCUT2D eigenvalue weighted by Gasteiger charge is -2.04. The van der Waals surface area contributed by atoms with Crippen molar-refractivity contribution < 1.29 is 23.9 Å². The minimum Gasteiger partial charge on any atom is -0.497 e. The summed E-state index contributed by atoms with van der Waals surface area (Å²) < 4.78 is 15.5. The fraction of sp³-hybridized carbons (Fsp3) is 0.300. The third-order valence-corrected chi connectivity index (χ3v) is 2.71. The third-order valence-electron chi connectivity index (χ3n) is 1.94. The van der Waals surface area contributed by atoms with Crippen LogP contribution in [0.4, 0.5) is 0 Å². The topological polar surface area (TPSA) is 83.8 Å². The first-order valence-corrected chi connectivity index (χ1v) is 6.39. The van der Waals surface area contributed by atoms with E-state index in [-0.39, 0.29) is 6.42 Å². The Morgan fingerprint density at radius 1 is 1.31 bits per heavy atom. The van der Waals surface area contributed by atoms with E-state index in [9.17, 15) is 9.36 Å². The Labute approximate surface area is 93.2 Å². The summed E-state index contributed by atoms with van der Waals surface area (Å²) in [6.45, 7) is 0. The molecule has 16 heavy (non-hydrogen) atoms. The molecule has 0 heterocycles. The van der Waals surface area contributed by atoms with E-state index in [1.165, 1.54) is 7.11 Å². The fourth-order valence-corrected chi connectivity index (χ4v) is 1.83. The number of carbonyl (C=O) groups is 1. The highest BCUT2D eigenvalue weighted by Gasteiger charge is 2.18. The number of ketones is 1. The van der Waals surface area contributed by atoms with Crippen LogP contribution in [-0.2, 0) is 15.8 Å². The highest BCUT2D eigenvalue weighted by atomic mass is 31.2. The molecule has 0 aliphatic carbocycles. The van der Waals surface area contributed by atoms with Crippen LogP contribution in [0.25, 0.3) is 0 Å². The predicted molar refractivity (Wildman–Crippen MR) is 58.6 cm³/mol. The summed E-state index contributed by atoms with van der Waals surface area (Å²) in [4.78, 5) is 28.5. The Hall–Kier alpha value is -1.16. The van der Waals surface area contributed by atoms with Gasteiger partial charge >= 0.3 is 7.60 Å². The molecule has 0 aromatic heterocycles. The zero-order chi connectivity index (χ0) is 12.2. The molecule has 0 unspecified atom stereocenters. The van der Waals surface area contributed by atoms with E-state index in [4.69, 9.17) is 14.5 Å². The lowest BCUT2D eigenvalue weighted by atomic mass is 10.1. The molecule has 6 heteroatoms. The van der Waals surface area contributed by atoms with E-state index >= 15 is 0 Å². The van der Waals surface area contributed by atoms with Crippen molar-refractivity contribution in [3.8, 4) is 5.75 Å². The van der Waals surface area contributed by atoms with Crippen LogP contribution in [0.3, 0.4) is 0 Å². The lowest BCUT2D eigenvalue weighted by molar-refractivity contribution is -0.116. The van der Waals surface area contributed by atoms with Crippen LogP contribution in [0.5, 0.6) is 5.75 Å². The quantitative estimate of drug-likeness (QED) is 0.754. The van der Waals surface area contributed by atoms with Gasteiger partial charge < -0.3 is 14.5 Å². The van der Waals surface area contributed by atoms with Gasteiger partial charge in [0.2, 0.25) is 0 Å². The van der Waals surface area contributed by atoms with Crippen molar-refractivity contribution in [3.05, 3.63) is 29.8 Å². The van der Waals surface area contributed by atoms with Gasteiger partial charge in [0.15, 0.2) is 0 Å². The summed E-state index contributed by atoms with van der Waals surface area (Å²) in [5.74, 6) is 0.199. The second kappa shape index (κ2) is 5.25. The number of methoxy groups -OCH3 is 1. The van der Waals surface area contributed by atoms with Crippen LogP contribution in [0.2, 0.25) is 0 Å². The first kappa shape index (κ1) is 12.9. The standard InChI is InChI=1S/C10H13O5P/c1-15-10-4-2-8(3-5-10)6-9(11)7-16(12,13)14/h2-5H,6-7H2,1H3,(H2,12,13,14). The van der Waals surface area contributed by atoms with Crippen LogP contribution in [0.15, 0.2) is 24.3 Å². The highest BCUT2D eigenvalue weighted by molar-refractivity contribution is 7.52. The summed E-state index contributed by atoms with van der Waals surface area (Å²) in [6, 6.07) is 6.77. The molecule has 0 amide bonds. The molecule has 1 aromatic carbocycles. The Morgan fingerprint density at radius 2 is 1.88 bits per heavy atom. The molecule has 0 bridgehead atoms. The monoisotopic (exact) mass is 244 g/mol. The number of Topliss-reactive ketones (excluding diaryl/α,β-unsaturated/α-hetero) is 1. The summed E-state index contributed by atoms with van der Waals surface area (Å²) >= 11 is 0. The Kier molecular flexibility index (Phi) is 4.24. The molecular formula is C10H13O5P. The lowest BCUT2D eigenvalue weighted by Crippen LogP contribution is -2.08. The molecule has 1 rings (SSSR count). The van der Waals surface area contributed by atoms with Crippen LogP contribution in [0, 0.1) is 0 Å². The normalized spacial score (nSPS) is 11.2. The molecule has 0 saturated heterocycles. The van der Waals surface area contributed by atoms with Gasteiger partial charge in [0.05, 0.1) is 7.11 Å². The molecule has 5 nitrogen and oxygen atoms in total. The van der Waals surface area contributed by atoms with Gasteiger partial charge in [-0.25, -0.2) is 0 Å². The van der Waals surface area contributed by atoms with Gasteiger partial charge in [-0.2, -0.15) is 0 Å². The van der Waals surface area contributed by atoms with Crippen molar-refractivity contribution in [2.75, 3.05) is 13.3 Å². The second-order valence-electron chi connectivity index (χ2n) is 3.39. The highest BCUT2D eigenvalue weighted by Crippen LogP contribution is 2.34. The van der Waals surface area contributed by atoms with Crippen molar-refractivity contribution in [3.63, 3.8) is 0 Å². The molecule has 0 aliphatic heterocycles. The molecular weight excluding hydrogens is 231 g/mol. The van der Waals surface area contributed by atoms with Gasteiger partial charge in [-0.15, -0.1) is 0 Å². The van der Waals surface area contributed by atoms with E-state index < -0.39 is 19.5 Å². The summed E-state index contributed by atoms with van der Waals surface area (Å²) in [6.07, 6.45) is -0.686. The van der Waals surface area contributed by atoms with E-state index in [1.54, 1.807) is 24.3 Å². The van der Waals surface area contributed by atoms with Gasteiger partial charge in [0.25, 0.3) is 0 Å². The van der Waals surface area contributed by atoms with Crippen molar-refractivity contribution >= 4 is 13.4 Å². The Bertz CT molecular complexity index is 406. The largest absolute Gasteiger partial charge is 0.497 e. The zero-order valence-corrected chi connectivity index (χ0v) is 9.68. The summed E-state index contributed by atoms with van der Waals surface area (Å²) in [7, 11) is -2.71. The summed E-state index contributed by atoms with van der Waals surface area (Å²) in [5.41, 5.74) is 0.708. The average Bonchev–Trinajstić information content (AvgIpc) is 2.16. The fourth-order valence-electron chi connectivity index (χ4n) is 1.26. The SMILES string of the molecule is COc1ccc(CC(=O)CP(=O)(O)O)cc1. The number of hydrogen-bond donors (Lipinski definition) is 2. The van der Waals surface area contributed by atoms with Gasteiger partial charge in [-0.3, -0.25) is 9.36 Å². The minimum absolute atomic E-state index is 0.0229. The van der Waals surface area contributed by atoms with Crippen LogP contribution >= 0.6 is 7.60 Å². The maximum Gasteiger partial charge on any atom is 0.332 e. The molecule has 0 atom stereocenters. The number of rotatable bonds is 5. The molecule has 0 radical (unpaired) electrons. The van der Waals surface area contributed by atoms with Crippen LogP contribution in [-0.4, -0.2) is 28.8 Å². The predicted octanol–water partition coefficient (Wildman–Crippen LogP) is 0.984. The van der Waals surface area contributed by atoms with E-state index in [1.807, 2.05) is 0 Å². The van der Waals surface area contributed by atoms with Crippen molar-refractivity contribution in [2.45, 2.75) is 6.42 Å². The van der Waals surface area contributed by atoms with Crippen LogP contribution in [0.1, 0.15) is 5.56 Å². The number of hydrogen-bond acceptors (Lipinski definition) is 3. The van der Waals surface area contributed by atoms with Gasteiger partial charge in [0.1, 0.15) is 17.7 Å². The molecule has 1 aromatic rings. The number of benzene rings is 1. The maximum atomic E-state index is 11.3. The smallest absolute Gasteiger partial charge is 0.332 e. The third kappa shape index (κ3) is 4.57. The molecule has 0 fully saturated rings. The van der Waals surface area contributed by atoms with E-state index in [0.29, 0.717) is 11.3 Å². The van der Waals surface area contributed by atoms with Gasteiger partial charge in [-0.1, -0.05) is 12.1 Å². The van der Waals surface area contributed by atoms with Crippen molar-refractivity contribution in [1.82, 2.24) is 0 Å².